The standard InChI is InChI=1S/C18H26N2/c1-12-3-6-14-10-16-17(19)18(2,15(14)9-12)7-8-20(16)11-13-4-5-13/h3,6,9,13,16-17H,4-5,7-8,10-11,19H2,1-2H3/t16-,17+,18-/m1/s1. The molecule has 3 aliphatic rings. The maximum Gasteiger partial charge on any atom is 0.0296 e. The summed E-state index contributed by atoms with van der Waals surface area (Å²) in [6, 6.07) is 7.86. The highest BCUT2D eigenvalue weighted by Gasteiger charge is 2.49. The van der Waals surface area contributed by atoms with Crippen molar-refractivity contribution in [1.82, 2.24) is 4.90 Å². The van der Waals surface area contributed by atoms with Crippen LogP contribution in [0.4, 0.5) is 0 Å². The third-order valence-electron chi connectivity index (χ3n) is 6.04. The van der Waals surface area contributed by atoms with Crippen molar-refractivity contribution in [2.45, 2.75) is 57.0 Å². The molecule has 1 saturated carbocycles. The average Bonchev–Trinajstić information content (AvgIpc) is 3.22. The second kappa shape index (κ2) is 4.32. The van der Waals surface area contributed by atoms with Gasteiger partial charge in [0.1, 0.15) is 0 Å². The molecule has 2 heteroatoms. The Morgan fingerprint density at radius 3 is 2.90 bits per heavy atom. The lowest BCUT2D eigenvalue weighted by molar-refractivity contribution is 0.0602. The quantitative estimate of drug-likeness (QED) is 0.895. The summed E-state index contributed by atoms with van der Waals surface area (Å²) >= 11 is 0. The second-order valence-electron chi connectivity index (χ2n) is 7.56. The molecule has 1 aromatic carbocycles. The van der Waals surface area contributed by atoms with Crippen molar-refractivity contribution in [1.29, 1.82) is 0 Å². The summed E-state index contributed by atoms with van der Waals surface area (Å²) < 4.78 is 0. The SMILES string of the molecule is Cc1ccc2c(c1)[C@@]1(C)CCN(CC3CC3)[C@H](C2)[C@@H]1N. The fourth-order valence-corrected chi connectivity index (χ4v) is 4.41. The van der Waals surface area contributed by atoms with Crippen LogP contribution >= 0.6 is 0 Å². The molecule has 1 aliphatic heterocycles. The Kier molecular flexibility index (Phi) is 2.77. The van der Waals surface area contributed by atoms with E-state index in [4.69, 9.17) is 5.73 Å². The van der Waals surface area contributed by atoms with E-state index in [1.165, 1.54) is 43.5 Å². The largest absolute Gasteiger partial charge is 0.326 e. The molecule has 2 N–H and O–H groups in total. The maximum atomic E-state index is 6.73. The Bertz CT molecular complexity index is 534. The van der Waals surface area contributed by atoms with Crippen molar-refractivity contribution < 1.29 is 0 Å². The van der Waals surface area contributed by atoms with Gasteiger partial charge in [-0.2, -0.15) is 0 Å². The van der Waals surface area contributed by atoms with Crippen molar-refractivity contribution in [3.05, 3.63) is 34.9 Å². The minimum atomic E-state index is 0.185. The molecule has 2 bridgehead atoms. The zero-order valence-electron chi connectivity index (χ0n) is 12.7. The first kappa shape index (κ1) is 12.8. The molecule has 1 heterocycles. The Labute approximate surface area is 122 Å². The van der Waals surface area contributed by atoms with Crippen LogP contribution in [0.1, 0.15) is 42.9 Å². The molecule has 1 saturated heterocycles. The summed E-state index contributed by atoms with van der Waals surface area (Å²) in [5, 5.41) is 0. The Morgan fingerprint density at radius 2 is 2.15 bits per heavy atom. The van der Waals surface area contributed by atoms with E-state index >= 15 is 0 Å². The molecule has 1 aromatic rings. The smallest absolute Gasteiger partial charge is 0.0296 e. The summed E-state index contributed by atoms with van der Waals surface area (Å²) in [5.41, 5.74) is 11.4. The number of fused-ring (bicyclic) bond motifs is 4. The van der Waals surface area contributed by atoms with Crippen LogP contribution in [-0.4, -0.2) is 30.1 Å². The Morgan fingerprint density at radius 1 is 1.35 bits per heavy atom. The first-order valence-electron chi connectivity index (χ1n) is 8.17. The van der Waals surface area contributed by atoms with Gasteiger partial charge in [0.25, 0.3) is 0 Å². The highest BCUT2D eigenvalue weighted by molar-refractivity contribution is 5.43. The lowest BCUT2D eigenvalue weighted by atomic mass is 9.62. The minimum Gasteiger partial charge on any atom is -0.326 e. The molecule has 108 valence electrons. The molecule has 0 unspecified atom stereocenters. The Hall–Kier alpha value is -0.860. The van der Waals surface area contributed by atoms with E-state index in [1.807, 2.05) is 0 Å². The third-order valence-corrected chi connectivity index (χ3v) is 6.04. The van der Waals surface area contributed by atoms with Gasteiger partial charge < -0.3 is 5.73 Å². The second-order valence-corrected chi connectivity index (χ2v) is 7.56. The fraction of sp³-hybridized carbons (Fsp3) is 0.667. The predicted octanol–water partition coefficient (Wildman–Crippen LogP) is 2.62. The zero-order chi connectivity index (χ0) is 13.9. The van der Waals surface area contributed by atoms with Crippen LogP contribution in [0.15, 0.2) is 18.2 Å². The summed E-state index contributed by atoms with van der Waals surface area (Å²) in [6.45, 7) is 7.12. The van der Waals surface area contributed by atoms with Crippen molar-refractivity contribution in [2.24, 2.45) is 11.7 Å². The zero-order valence-corrected chi connectivity index (χ0v) is 12.7. The number of benzene rings is 1. The number of rotatable bonds is 2. The molecule has 2 aliphatic carbocycles. The van der Waals surface area contributed by atoms with Gasteiger partial charge in [0, 0.05) is 24.0 Å². The van der Waals surface area contributed by atoms with Gasteiger partial charge in [-0.3, -0.25) is 4.90 Å². The van der Waals surface area contributed by atoms with Crippen LogP contribution in [-0.2, 0) is 11.8 Å². The molecule has 0 radical (unpaired) electrons. The minimum absolute atomic E-state index is 0.185. The van der Waals surface area contributed by atoms with Crippen molar-refractivity contribution in [3.8, 4) is 0 Å². The van der Waals surface area contributed by atoms with Gasteiger partial charge >= 0.3 is 0 Å². The van der Waals surface area contributed by atoms with Gasteiger partial charge in [0.05, 0.1) is 0 Å². The molecule has 20 heavy (non-hydrogen) atoms. The maximum absolute atomic E-state index is 6.73. The first-order valence-corrected chi connectivity index (χ1v) is 8.17. The lowest BCUT2D eigenvalue weighted by Gasteiger charge is -2.54. The monoisotopic (exact) mass is 270 g/mol. The number of aryl methyl sites for hydroxylation is 1. The van der Waals surface area contributed by atoms with Crippen molar-refractivity contribution >= 4 is 0 Å². The molecular formula is C18H26N2. The van der Waals surface area contributed by atoms with Crippen LogP contribution < -0.4 is 5.73 Å². The van der Waals surface area contributed by atoms with Crippen LogP contribution in [0.5, 0.6) is 0 Å². The number of hydrogen-bond acceptors (Lipinski definition) is 2. The highest BCUT2D eigenvalue weighted by Crippen LogP contribution is 2.45. The Balaban J connectivity index is 1.71. The van der Waals surface area contributed by atoms with Gasteiger partial charge in [0.15, 0.2) is 0 Å². The van der Waals surface area contributed by atoms with Gasteiger partial charge in [0.2, 0.25) is 0 Å². The summed E-state index contributed by atoms with van der Waals surface area (Å²) in [5.74, 6) is 0.964. The number of nitrogens with two attached hydrogens (primary N) is 1. The van der Waals surface area contributed by atoms with Gasteiger partial charge in [-0.05, 0) is 56.2 Å². The molecule has 2 fully saturated rings. The molecule has 0 spiro atoms. The van der Waals surface area contributed by atoms with Crippen LogP contribution in [0.25, 0.3) is 0 Å². The molecule has 0 aromatic heterocycles. The van der Waals surface area contributed by atoms with Gasteiger partial charge in [-0.25, -0.2) is 0 Å². The molecule has 3 atom stereocenters. The predicted molar refractivity (Wildman–Crippen MR) is 82.9 cm³/mol. The summed E-state index contributed by atoms with van der Waals surface area (Å²) in [4.78, 5) is 2.70. The average molecular weight is 270 g/mol. The van der Waals surface area contributed by atoms with E-state index in [2.05, 4.69) is 36.9 Å². The normalized spacial score (nSPS) is 36.8. The van der Waals surface area contributed by atoms with Crippen molar-refractivity contribution in [2.75, 3.05) is 13.1 Å². The topological polar surface area (TPSA) is 29.3 Å². The first-order chi connectivity index (χ1) is 9.58. The van der Waals surface area contributed by atoms with Crippen molar-refractivity contribution in [3.63, 3.8) is 0 Å². The summed E-state index contributed by atoms with van der Waals surface area (Å²) in [7, 11) is 0. The van der Waals surface area contributed by atoms with Crippen LogP contribution in [0.3, 0.4) is 0 Å². The van der Waals surface area contributed by atoms with E-state index in [1.54, 1.807) is 5.56 Å². The lowest BCUT2D eigenvalue weighted by Crippen LogP contribution is -2.65. The molecular weight excluding hydrogens is 244 g/mol. The molecule has 0 amide bonds. The van der Waals surface area contributed by atoms with Crippen LogP contribution in [0, 0.1) is 12.8 Å². The van der Waals surface area contributed by atoms with E-state index in [9.17, 15) is 0 Å². The highest BCUT2D eigenvalue weighted by atomic mass is 15.2. The number of piperidine rings is 1. The van der Waals surface area contributed by atoms with E-state index in [-0.39, 0.29) is 5.41 Å². The number of hydrogen-bond donors (Lipinski definition) is 1. The van der Waals surface area contributed by atoms with E-state index in [0.29, 0.717) is 12.1 Å². The summed E-state index contributed by atoms with van der Waals surface area (Å²) in [6.07, 6.45) is 5.24. The molecule has 4 rings (SSSR count). The number of likely N-dealkylation sites (tertiary alicyclic amines) is 1. The van der Waals surface area contributed by atoms with E-state index < -0.39 is 0 Å². The molecule has 2 nitrogen and oxygen atoms in total. The number of nitrogens with zero attached hydrogens (tertiary/aromatic N) is 1. The third kappa shape index (κ3) is 1.85. The van der Waals surface area contributed by atoms with E-state index in [0.717, 1.165) is 12.3 Å². The van der Waals surface area contributed by atoms with Gasteiger partial charge in [-0.15, -0.1) is 0 Å². The van der Waals surface area contributed by atoms with Gasteiger partial charge in [-0.1, -0.05) is 30.7 Å². The fourth-order valence-electron chi connectivity index (χ4n) is 4.41. The van der Waals surface area contributed by atoms with Crippen LogP contribution in [0.2, 0.25) is 0 Å².